The van der Waals surface area contributed by atoms with E-state index in [1.807, 2.05) is 42.6 Å². The number of benzene rings is 2. The Morgan fingerprint density at radius 1 is 1.00 bits per heavy atom. The Kier molecular flexibility index (Phi) is 7.26. The van der Waals surface area contributed by atoms with Gasteiger partial charge in [-0.25, -0.2) is 4.57 Å². The van der Waals surface area contributed by atoms with E-state index >= 15 is 0 Å². The molecule has 0 spiro atoms. The number of halogens is 1. The van der Waals surface area contributed by atoms with Crippen LogP contribution in [0.15, 0.2) is 85.2 Å². The van der Waals surface area contributed by atoms with Crippen molar-refractivity contribution in [2.75, 3.05) is 0 Å². The molecule has 0 fully saturated rings. The molecule has 0 aliphatic heterocycles. The van der Waals surface area contributed by atoms with Gasteiger partial charge in [-0.05, 0) is 29.7 Å². The third-order valence-corrected chi connectivity index (χ3v) is 5.18. The van der Waals surface area contributed by atoms with Crippen molar-refractivity contribution in [1.82, 2.24) is 4.40 Å². The third-order valence-electron chi connectivity index (χ3n) is 5.18. The summed E-state index contributed by atoms with van der Waals surface area (Å²) in [6.07, 6.45) is 5.38. The smallest absolute Gasteiger partial charge is 0.330 e. The molecule has 30 heavy (non-hydrogen) atoms. The van der Waals surface area contributed by atoms with E-state index in [0.29, 0.717) is 13.0 Å². The molecule has 1 unspecified atom stereocenters. The van der Waals surface area contributed by atoms with Crippen LogP contribution in [0.1, 0.15) is 36.2 Å². The fraction of sp³-hybridized carbons (Fsp3) is 0.200. The van der Waals surface area contributed by atoms with Gasteiger partial charge in [-0.15, -0.1) is 0 Å². The SMILES string of the molecule is CCC(c1ccccc1)[n+]1cc(CC#N)n2cccc(OCc3ccccc3)c21.[Br-]. The van der Waals surface area contributed by atoms with Crippen molar-refractivity contribution < 1.29 is 26.3 Å². The molecule has 0 saturated heterocycles. The maximum absolute atomic E-state index is 9.32. The summed E-state index contributed by atoms with van der Waals surface area (Å²) in [5.74, 6) is 0.815. The van der Waals surface area contributed by atoms with Crippen molar-refractivity contribution in [2.45, 2.75) is 32.4 Å². The molecule has 2 aromatic carbocycles. The first-order chi connectivity index (χ1) is 14.3. The number of fused-ring (bicyclic) bond motifs is 1. The van der Waals surface area contributed by atoms with Crippen molar-refractivity contribution >= 4 is 5.65 Å². The van der Waals surface area contributed by atoms with Gasteiger partial charge in [0.1, 0.15) is 25.3 Å². The van der Waals surface area contributed by atoms with Crippen LogP contribution >= 0.6 is 0 Å². The Labute approximate surface area is 187 Å². The number of hydrogen-bond donors (Lipinski definition) is 0. The second kappa shape index (κ2) is 10.1. The van der Waals surface area contributed by atoms with Crippen LogP contribution in [-0.4, -0.2) is 4.40 Å². The summed E-state index contributed by atoms with van der Waals surface area (Å²) in [6.45, 7) is 2.69. The molecule has 0 radical (unpaired) electrons. The summed E-state index contributed by atoms with van der Waals surface area (Å²) in [7, 11) is 0. The fourth-order valence-corrected chi connectivity index (χ4v) is 3.81. The molecule has 0 aliphatic rings. The molecule has 0 bridgehead atoms. The van der Waals surface area contributed by atoms with Crippen LogP contribution < -0.4 is 26.3 Å². The van der Waals surface area contributed by atoms with Crippen molar-refractivity contribution in [1.29, 1.82) is 5.26 Å². The molecule has 2 aromatic heterocycles. The van der Waals surface area contributed by atoms with Gasteiger partial charge in [0.25, 0.3) is 0 Å². The lowest BCUT2D eigenvalue weighted by Gasteiger charge is -2.14. The summed E-state index contributed by atoms with van der Waals surface area (Å²) >= 11 is 0. The average molecular weight is 462 g/mol. The van der Waals surface area contributed by atoms with Gasteiger partial charge in [0.05, 0.1) is 12.3 Å². The predicted octanol–water partition coefficient (Wildman–Crippen LogP) is 1.88. The van der Waals surface area contributed by atoms with Gasteiger partial charge in [0, 0.05) is 0 Å². The van der Waals surface area contributed by atoms with Crippen LogP contribution in [0, 0.1) is 11.3 Å². The molecule has 1 atom stereocenters. The normalized spacial score (nSPS) is 11.5. The number of aromatic nitrogens is 2. The zero-order valence-electron chi connectivity index (χ0n) is 16.9. The molecule has 0 N–H and O–H groups in total. The summed E-state index contributed by atoms with van der Waals surface area (Å²) < 4.78 is 10.6. The highest BCUT2D eigenvalue weighted by molar-refractivity contribution is 5.50. The Hall–Kier alpha value is -3.10. The molecule has 5 heteroatoms. The first kappa shape index (κ1) is 21.6. The highest BCUT2D eigenvalue weighted by Crippen LogP contribution is 2.25. The van der Waals surface area contributed by atoms with E-state index in [9.17, 15) is 5.26 Å². The van der Waals surface area contributed by atoms with Crippen LogP contribution in [0.3, 0.4) is 0 Å². The van der Waals surface area contributed by atoms with Crippen LogP contribution in [0.4, 0.5) is 0 Å². The Balaban J connectivity index is 0.00000256. The summed E-state index contributed by atoms with van der Waals surface area (Å²) in [4.78, 5) is 0. The molecule has 0 saturated carbocycles. The van der Waals surface area contributed by atoms with Crippen molar-refractivity contribution in [3.63, 3.8) is 0 Å². The minimum absolute atomic E-state index is 0. The molecule has 0 amide bonds. The zero-order valence-corrected chi connectivity index (χ0v) is 18.5. The van der Waals surface area contributed by atoms with E-state index in [1.54, 1.807) is 0 Å². The molecule has 4 aromatic rings. The predicted molar refractivity (Wildman–Crippen MR) is 113 cm³/mol. The average Bonchev–Trinajstić information content (AvgIpc) is 3.13. The molecule has 4 rings (SSSR count). The largest absolute Gasteiger partial charge is 1.00 e. The van der Waals surface area contributed by atoms with E-state index in [1.165, 1.54) is 5.56 Å². The number of nitriles is 1. The van der Waals surface area contributed by atoms with E-state index in [2.05, 4.69) is 64.6 Å². The maximum Gasteiger partial charge on any atom is 0.330 e. The number of hydrogen-bond acceptors (Lipinski definition) is 2. The number of ether oxygens (including phenoxy) is 1. The Morgan fingerprint density at radius 2 is 1.70 bits per heavy atom. The van der Waals surface area contributed by atoms with Gasteiger partial charge < -0.3 is 21.7 Å². The second-order valence-corrected chi connectivity index (χ2v) is 7.04. The highest BCUT2D eigenvalue weighted by atomic mass is 79.9. The van der Waals surface area contributed by atoms with Crippen LogP contribution in [0.2, 0.25) is 0 Å². The molecule has 152 valence electrons. The first-order valence-corrected chi connectivity index (χ1v) is 9.94. The lowest BCUT2D eigenvalue weighted by Crippen LogP contribution is -3.00. The maximum atomic E-state index is 9.32. The number of imidazole rings is 1. The van der Waals surface area contributed by atoms with Gasteiger partial charge in [0.15, 0.2) is 5.69 Å². The Bertz CT molecular complexity index is 1130. The van der Waals surface area contributed by atoms with E-state index in [0.717, 1.165) is 29.1 Å². The molecule has 0 aliphatic carbocycles. The number of rotatable bonds is 7. The minimum Gasteiger partial charge on any atom is -1.00 e. The lowest BCUT2D eigenvalue weighted by atomic mass is 10.0. The van der Waals surface area contributed by atoms with Crippen molar-refractivity contribution in [3.05, 3.63) is 102 Å². The second-order valence-electron chi connectivity index (χ2n) is 7.04. The van der Waals surface area contributed by atoms with Crippen molar-refractivity contribution in [2.24, 2.45) is 0 Å². The van der Waals surface area contributed by atoms with Gasteiger partial charge in [-0.1, -0.05) is 67.6 Å². The minimum atomic E-state index is 0. The van der Waals surface area contributed by atoms with Crippen LogP contribution in [-0.2, 0) is 13.0 Å². The number of pyridine rings is 1. The van der Waals surface area contributed by atoms with E-state index in [-0.39, 0.29) is 23.0 Å². The topological polar surface area (TPSA) is 41.3 Å². The van der Waals surface area contributed by atoms with E-state index in [4.69, 9.17) is 4.74 Å². The zero-order chi connectivity index (χ0) is 20.1. The molecular formula is C25H24BrN3O. The molecule has 4 nitrogen and oxygen atoms in total. The standard InChI is InChI=1S/C25H24N3O.BrH/c1-2-23(21-12-7-4-8-13-21)28-18-22(15-16-26)27-17-9-14-24(25(27)28)29-19-20-10-5-3-6-11-20;/h3-14,17-18,23H,2,15,19H2,1H3;1H/q+1;/p-1. The monoisotopic (exact) mass is 461 g/mol. The molecule has 2 heterocycles. The van der Waals surface area contributed by atoms with Crippen LogP contribution in [0.25, 0.3) is 5.65 Å². The summed E-state index contributed by atoms with van der Waals surface area (Å²) in [5.41, 5.74) is 4.31. The van der Waals surface area contributed by atoms with Gasteiger partial charge >= 0.3 is 5.65 Å². The van der Waals surface area contributed by atoms with E-state index < -0.39 is 0 Å². The van der Waals surface area contributed by atoms with Gasteiger partial charge in [-0.3, -0.25) is 0 Å². The highest BCUT2D eigenvalue weighted by Gasteiger charge is 2.27. The number of nitrogens with zero attached hydrogens (tertiary/aromatic N) is 3. The first-order valence-electron chi connectivity index (χ1n) is 9.94. The summed E-state index contributed by atoms with van der Waals surface area (Å²) in [5, 5.41) is 9.32. The Morgan fingerprint density at radius 3 is 2.37 bits per heavy atom. The van der Waals surface area contributed by atoms with Gasteiger partial charge in [0.2, 0.25) is 5.75 Å². The quantitative estimate of drug-likeness (QED) is 0.394. The third kappa shape index (κ3) is 4.39. The van der Waals surface area contributed by atoms with Gasteiger partial charge in [-0.2, -0.15) is 9.66 Å². The van der Waals surface area contributed by atoms with Crippen molar-refractivity contribution in [3.8, 4) is 11.8 Å². The lowest BCUT2D eigenvalue weighted by molar-refractivity contribution is -0.689. The molecular weight excluding hydrogens is 438 g/mol. The summed E-state index contributed by atoms with van der Waals surface area (Å²) in [6, 6.07) is 27.1. The fourth-order valence-electron chi connectivity index (χ4n) is 3.81. The van der Waals surface area contributed by atoms with Crippen LogP contribution in [0.5, 0.6) is 5.75 Å².